The van der Waals surface area contributed by atoms with Crippen LogP contribution in [0.2, 0.25) is 5.02 Å². The lowest BCUT2D eigenvalue weighted by atomic mass is 9.61. The Balaban J connectivity index is 1.14. The summed E-state index contributed by atoms with van der Waals surface area (Å²) in [4.78, 5) is 28.0. The summed E-state index contributed by atoms with van der Waals surface area (Å²) in [5.41, 5.74) is 1.73. The van der Waals surface area contributed by atoms with Crippen LogP contribution in [0.5, 0.6) is 5.75 Å². The third kappa shape index (κ3) is 4.78. The van der Waals surface area contributed by atoms with E-state index in [1.165, 1.54) is 23.0 Å². The first-order chi connectivity index (χ1) is 17.2. The minimum absolute atomic E-state index is 0.0251. The van der Waals surface area contributed by atoms with Gasteiger partial charge >= 0.3 is 0 Å². The van der Waals surface area contributed by atoms with E-state index in [4.69, 9.17) is 16.3 Å². The van der Waals surface area contributed by atoms with Crippen molar-refractivity contribution in [3.05, 3.63) is 58.9 Å². The fourth-order valence-electron chi connectivity index (χ4n) is 4.98. The number of aldehydes is 1. The number of benzene rings is 1. The van der Waals surface area contributed by atoms with Crippen LogP contribution in [0.15, 0.2) is 36.9 Å². The fourth-order valence-corrected chi connectivity index (χ4v) is 5.19. The smallest absolute Gasteiger partial charge is 0.238 e. The highest BCUT2D eigenvalue weighted by atomic mass is 35.5. The van der Waals surface area contributed by atoms with E-state index in [9.17, 15) is 14.0 Å². The summed E-state index contributed by atoms with van der Waals surface area (Å²) < 4.78 is 21.9. The number of hydrogen-bond donors (Lipinski definition) is 1. The molecule has 3 heterocycles. The lowest BCUT2D eigenvalue weighted by Crippen LogP contribution is -2.65. The molecule has 1 spiro atoms. The maximum Gasteiger partial charge on any atom is 0.238 e. The van der Waals surface area contributed by atoms with Crippen LogP contribution in [-0.2, 0) is 4.79 Å². The second-order valence-corrected chi connectivity index (χ2v) is 10.2. The molecule has 1 aliphatic heterocycles. The lowest BCUT2D eigenvalue weighted by Gasteiger charge is -2.58. The molecule has 0 bridgehead atoms. The number of aromatic nitrogens is 3. The molecule has 11 heteroatoms. The van der Waals surface area contributed by atoms with Gasteiger partial charge in [-0.15, -0.1) is 10.2 Å². The van der Waals surface area contributed by atoms with E-state index in [0.29, 0.717) is 27.5 Å². The summed E-state index contributed by atoms with van der Waals surface area (Å²) in [5, 5.41) is 10.6. The summed E-state index contributed by atoms with van der Waals surface area (Å²) in [6.45, 7) is 1.74. The average Bonchev–Trinajstić information content (AvgIpc) is 3.23. The molecule has 1 saturated heterocycles. The molecule has 0 unspecified atom stereocenters. The quantitative estimate of drug-likeness (QED) is 0.463. The molecule has 0 radical (unpaired) electrons. The van der Waals surface area contributed by atoms with Gasteiger partial charge in [-0.1, -0.05) is 11.6 Å². The number of amides is 1. The van der Waals surface area contributed by atoms with Gasteiger partial charge in [0.2, 0.25) is 5.91 Å². The summed E-state index contributed by atoms with van der Waals surface area (Å²) >= 11 is 6.22. The number of carbonyl (C=O) groups excluding carboxylic acids is 2. The van der Waals surface area contributed by atoms with E-state index in [1.807, 2.05) is 36.2 Å². The molecule has 5 rings (SSSR count). The zero-order chi connectivity index (χ0) is 25.4. The number of nitrogens with one attached hydrogen (secondary N) is 1. The van der Waals surface area contributed by atoms with Crippen LogP contribution >= 0.6 is 11.6 Å². The van der Waals surface area contributed by atoms with E-state index in [2.05, 4.69) is 15.5 Å². The van der Waals surface area contributed by atoms with E-state index < -0.39 is 5.82 Å². The Morgan fingerprint density at radius 1 is 1.33 bits per heavy atom. The molecule has 3 aromatic rings. The van der Waals surface area contributed by atoms with Gasteiger partial charge in [0.25, 0.3) is 0 Å². The molecule has 9 nitrogen and oxygen atoms in total. The van der Waals surface area contributed by atoms with Crippen molar-refractivity contribution in [2.24, 2.45) is 5.41 Å². The molecule has 2 fully saturated rings. The van der Waals surface area contributed by atoms with Crippen LogP contribution in [0.1, 0.15) is 28.8 Å². The van der Waals surface area contributed by atoms with Crippen LogP contribution in [-0.4, -0.2) is 76.4 Å². The van der Waals surface area contributed by atoms with Gasteiger partial charge in [-0.05, 0) is 37.3 Å². The van der Waals surface area contributed by atoms with Gasteiger partial charge < -0.3 is 15.0 Å². The normalized spacial score (nSPS) is 17.2. The largest absolute Gasteiger partial charge is 0.490 e. The monoisotopic (exact) mass is 512 g/mol. The first-order valence-electron chi connectivity index (χ1n) is 11.6. The van der Waals surface area contributed by atoms with Crippen molar-refractivity contribution in [1.29, 1.82) is 0 Å². The van der Waals surface area contributed by atoms with Crippen molar-refractivity contribution in [2.75, 3.05) is 39.0 Å². The van der Waals surface area contributed by atoms with Crippen molar-refractivity contribution in [3.63, 3.8) is 0 Å². The molecule has 1 amide bonds. The Morgan fingerprint density at radius 3 is 2.83 bits per heavy atom. The molecule has 1 aliphatic carbocycles. The van der Waals surface area contributed by atoms with Crippen LogP contribution in [0.3, 0.4) is 0 Å². The van der Waals surface area contributed by atoms with Gasteiger partial charge in [-0.25, -0.2) is 4.39 Å². The number of pyridine rings is 1. The van der Waals surface area contributed by atoms with Gasteiger partial charge in [-0.2, -0.15) is 0 Å². The standard InChI is InChI=1S/C25H26ClFN6O3/c1-31(2)6-5-17-18(12-34)19(26)3-4-22(17)36-16-8-25(9-16)13-32(14-25)11-24(35)29-21-7-23-30-28-15-33(23)10-20(21)27/h3-7,10,12,15-16H,8-9,11,13-14H2,1-2H3,(H,29,35)/b6-5-. The number of hydrogen-bond acceptors (Lipinski definition) is 7. The van der Waals surface area contributed by atoms with Crippen molar-refractivity contribution in [2.45, 2.75) is 18.9 Å². The van der Waals surface area contributed by atoms with Crippen LogP contribution < -0.4 is 10.1 Å². The minimum Gasteiger partial charge on any atom is -0.490 e. The second kappa shape index (κ2) is 9.51. The van der Waals surface area contributed by atoms with Gasteiger partial charge in [-0.3, -0.25) is 18.9 Å². The SMILES string of the molecule is CN(C)/C=C\c1c(OC2CC3(C2)CN(CC(=O)Nc2cc4nncn4cc2F)C3)ccc(Cl)c1C=O. The van der Waals surface area contributed by atoms with E-state index in [-0.39, 0.29) is 29.7 Å². The number of likely N-dealkylation sites (tertiary alicyclic amines) is 1. The number of fused-ring (bicyclic) bond motifs is 1. The molecule has 1 aromatic carbocycles. The molecule has 188 valence electrons. The Morgan fingerprint density at radius 2 is 2.11 bits per heavy atom. The van der Waals surface area contributed by atoms with Crippen LogP contribution in [0.25, 0.3) is 11.7 Å². The van der Waals surface area contributed by atoms with Gasteiger partial charge in [0.05, 0.1) is 23.4 Å². The molecule has 2 aromatic heterocycles. The topological polar surface area (TPSA) is 92.1 Å². The molecule has 1 N–H and O–H groups in total. The maximum absolute atomic E-state index is 14.2. The zero-order valence-corrected chi connectivity index (χ0v) is 20.7. The summed E-state index contributed by atoms with van der Waals surface area (Å²) in [7, 11) is 3.79. The summed E-state index contributed by atoms with van der Waals surface area (Å²) in [6, 6.07) is 4.93. The first-order valence-corrected chi connectivity index (χ1v) is 11.9. The van der Waals surface area contributed by atoms with Gasteiger partial charge in [0, 0.05) is 56.0 Å². The van der Waals surface area contributed by atoms with E-state index >= 15 is 0 Å². The number of ether oxygens (including phenoxy) is 1. The fraction of sp³-hybridized carbons (Fsp3) is 0.360. The number of rotatable bonds is 8. The Kier molecular flexibility index (Phi) is 6.40. The zero-order valence-electron chi connectivity index (χ0n) is 19.9. The average molecular weight is 513 g/mol. The molecule has 36 heavy (non-hydrogen) atoms. The Labute approximate surface area is 212 Å². The highest BCUT2D eigenvalue weighted by molar-refractivity contribution is 6.33. The van der Waals surface area contributed by atoms with E-state index in [1.54, 1.807) is 12.1 Å². The van der Waals surface area contributed by atoms with Crippen molar-refractivity contribution < 1.29 is 18.7 Å². The Hall–Kier alpha value is -3.50. The summed E-state index contributed by atoms with van der Waals surface area (Å²) in [6.07, 6.45) is 8.80. The maximum atomic E-state index is 14.2. The van der Waals surface area contributed by atoms with Crippen molar-refractivity contribution >= 4 is 41.2 Å². The van der Waals surface area contributed by atoms with Crippen LogP contribution in [0, 0.1) is 11.2 Å². The number of halogens is 2. The molecule has 1 saturated carbocycles. The number of nitrogens with zero attached hydrogens (tertiary/aromatic N) is 5. The number of carbonyl (C=O) groups is 2. The first kappa shape index (κ1) is 24.2. The lowest BCUT2D eigenvalue weighted by molar-refractivity contribution is -0.134. The molecule has 2 aliphatic rings. The Bertz CT molecular complexity index is 1340. The number of anilines is 1. The van der Waals surface area contributed by atoms with Gasteiger partial charge in [0.15, 0.2) is 17.8 Å². The molecular weight excluding hydrogens is 487 g/mol. The van der Waals surface area contributed by atoms with Crippen molar-refractivity contribution in [3.8, 4) is 5.75 Å². The molecular formula is C25H26ClFN6O3. The third-order valence-electron chi connectivity index (χ3n) is 6.61. The minimum atomic E-state index is -0.547. The predicted molar refractivity (Wildman–Crippen MR) is 134 cm³/mol. The van der Waals surface area contributed by atoms with Gasteiger partial charge in [0.1, 0.15) is 12.1 Å². The van der Waals surface area contributed by atoms with Crippen molar-refractivity contribution in [1.82, 2.24) is 24.4 Å². The molecule has 0 atom stereocenters. The highest BCUT2D eigenvalue weighted by Gasteiger charge is 2.53. The highest BCUT2D eigenvalue weighted by Crippen LogP contribution is 2.50. The second-order valence-electron chi connectivity index (χ2n) is 9.74. The predicted octanol–water partition coefficient (Wildman–Crippen LogP) is 3.35. The van der Waals surface area contributed by atoms with Crippen LogP contribution in [0.4, 0.5) is 10.1 Å². The summed E-state index contributed by atoms with van der Waals surface area (Å²) in [5.74, 6) is -0.198. The third-order valence-corrected chi connectivity index (χ3v) is 6.94. The van der Waals surface area contributed by atoms with E-state index in [0.717, 1.165) is 32.2 Å².